The van der Waals surface area contributed by atoms with Crippen molar-refractivity contribution in [2.45, 2.75) is 13.8 Å². The minimum atomic E-state index is 0.783. The van der Waals surface area contributed by atoms with Crippen LogP contribution in [0.25, 0.3) is 0 Å². The van der Waals surface area contributed by atoms with Crippen molar-refractivity contribution in [2.24, 2.45) is 9.98 Å². The number of fused-ring (bicyclic) bond motifs is 2. The van der Waals surface area contributed by atoms with E-state index in [4.69, 9.17) is 0 Å². The minimum Gasteiger partial charge on any atom is -0.314 e. The van der Waals surface area contributed by atoms with Crippen LogP contribution in [0.4, 0.5) is 0 Å². The Kier molecular flexibility index (Phi) is 5.83. The van der Waals surface area contributed by atoms with Crippen LogP contribution in [0.5, 0.6) is 0 Å². The first-order valence-corrected chi connectivity index (χ1v) is 7.19. The maximum absolute atomic E-state index is 4.64. The van der Waals surface area contributed by atoms with Gasteiger partial charge in [-0.05, 0) is 26.0 Å². The number of aliphatic imine (C=N–C) groups is 2. The van der Waals surface area contributed by atoms with Crippen molar-refractivity contribution in [3.63, 3.8) is 0 Å². The van der Waals surface area contributed by atoms with Crippen LogP contribution in [0.3, 0.4) is 0 Å². The lowest BCUT2D eigenvalue weighted by atomic mass is 10.2. The number of pyridine rings is 1. The fraction of sp³-hybridized carbons (Fsp3) is 0.533. The highest BCUT2D eigenvalue weighted by atomic mass is 15.0. The largest absolute Gasteiger partial charge is 0.314 e. The van der Waals surface area contributed by atoms with Gasteiger partial charge in [0.15, 0.2) is 0 Å². The SMILES string of the molecule is CC1=NCCNCCNCCN=C(C)c2cccc1n2. The number of hydrogen-bond donors (Lipinski definition) is 2. The van der Waals surface area contributed by atoms with Crippen LogP contribution in [-0.2, 0) is 0 Å². The quantitative estimate of drug-likeness (QED) is 0.738. The van der Waals surface area contributed by atoms with Gasteiger partial charge < -0.3 is 10.6 Å². The highest BCUT2D eigenvalue weighted by Crippen LogP contribution is 2.03. The van der Waals surface area contributed by atoms with Gasteiger partial charge in [0.25, 0.3) is 0 Å². The minimum absolute atomic E-state index is 0.783. The van der Waals surface area contributed by atoms with Gasteiger partial charge in [-0.3, -0.25) is 9.98 Å². The van der Waals surface area contributed by atoms with Crippen LogP contribution in [0.2, 0.25) is 0 Å². The van der Waals surface area contributed by atoms with Crippen molar-refractivity contribution in [2.75, 3.05) is 39.3 Å². The van der Waals surface area contributed by atoms with Gasteiger partial charge in [-0.15, -0.1) is 0 Å². The van der Waals surface area contributed by atoms with Crippen molar-refractivity contribution in [3.05, 3.63) is 29.6 Å². The summed E-state index contributed by atoms with van der Waals surface area (Å²) in [5, 5.41) is 6.73. The van der Waals surface area contributed by atoms with Gasteiger partial charge in [0.1, 0.15) is 0 Å². The molecule has 0 saturated carbocycles. The van der Waals surface area contributed by atoms with E-state index in [1.54, 1.807) is 0 Å². The normalized spacial score (nSPS) is 18.5. The van der Waals surface area contributed by atoms with Crippen LogP contribution < -0.4 is 10.6 Å². The molecule has 1 aromatic heterocycles. The van der Waals surface area contributed by atoms with Crippen molar-refractivity contribution in [1.29, 1.82) is 0 Å². The van der Waals surface area contributed by atoms with Crippen molar-refractivity contribution in [3.8, 4) is 0 Å². The molecule has 0 radical (unpaired) electrons. The molecule has 0 saturated heterocycles. The molecule has 1 aliphatic heterocycles. The van der Waals surface area contributed by atoms with E-state index in [9.17, 15) is 0 Å². The summed E-state index contributed by atoms with van der Waals surface area (Å²) in [6.45, 7) is 9.31. The predicted octanol–water partition coefficient (Wildman–Crippen LogP) is 0.892. The van der Waals surface area contributed by atoms with E-state index in [0.29, 0.717) is 0 Å². The number of nitrogens with one attached hydrogen (secondary N) is 2. The molecule has 0 unspecified atom stereocenters. The van der Waals surface area contributed by atoms with Crippen molar-refractivity contribution >= 4 is 11.4 Å². The molecule has 0 spiro atoms. The fourth-order valence-electron chi connectivity index (χ4n) is 2.03. The Morgan fingerprint density at radius 2 is 1.30 bits per heavy atom. The third kappa shape index (κ3) is 4.51. The average molecular weight is 273 g/mol. The molecule has 0 atom stereocenters. The highest BCUT2D eigenvalue weighted by Gasteiger charge is 2.04. The van der Waals surface area contributed by atoms with E-state index in [1.165, 1.54) is 0 Å². The highest BCUT2D eigenvalue weighted by molar-refractivity contribution is 6.00. The summed E-state index contributed by atoms with van der Waals surface area (Å²) >= 11 is 0. The number of nitrogens with zero attached hydrogens (tertiary/aromatic N) is 3. The van der Waals surface area contributed by atoms with Gasteiger partial charge in [0.05, 0.1) is 35.9 Å². The molecule has 5 nitrogen and oxygen atoms in total. The van der Waals surface area contributed by atoms with E-state index in [0.717, 1.165) is 62.1 Å². The zero-order valence-electron chi connectivity index (χ0n) is 12.3. The molecule has 108 valence electrons. The zero-order valence-corrected chi connectivity index (χ0v) is 12.3. The van der Waals surface area contributed by atoms with Gasteiger partial charge in [-0.25, -0.2) is 4.98 Å². The van der Waals surface area contributed by atoms with Gasteiger partial charge in [0.2, 0.25) is 0 Å². The monoisotopic (exact) mass is 273 g/mol. The van der Waals surface area contributed by atoms with E-state index < -0.39 is 0 Å². The van der Waals surface area contributed by atoms with Crippen LogP contribution in [0.15, 0.2) is 28.2 Å². The molecule has 5 heteroatoms. The maximum Gasteiger partial charge on any atom is 0.0845 e. The Morgan fingerprint density at radius 1 is 0.800 bits per heavy atom. The lowest BCUT2D eigenvalue weighted by molar-refractivity contribution is 0.619. The van der Waals surface area contributed by atoms with Gasteiger partial charge in [-0.1, -0.05) is 6.07 Å². The van der Waals surface area contributed by atoms with E-state index in [2.05, 4.69) is 25.6 Å². The smallest absolute Gasteiger partial charge is 0.0845 e. The third-order valence-electron chi connectivity index (χ3n) is 3.24. The van der Waals surface area contributed by atoms with Gasteiger partial charge in [0, 0.05) is 26.2 Å². The molecule has 0 aliphatic carbocycles. The molecular weight excluding hydrogens is 250 g/mol. The Bertz CT molecular complexity index is 452. The first-order chi connectivity index (χ1) is 9.77. The Labute approximate surface area is 120 Å². The second-order valence-electron chi connectivity index (χ2n) is 4.84. The Balaban J connectivity index is 2.20. The van der Waals surface area contributed by atoms with E-state index in [-0.39, 0.29) is 0 Å². The van der Waals surface area contributed by atoms with Crippen LogP contribution >= 0.6 is 0 Å². The van der Waals surface area contributed by atoms with Crippen molar-refractivity contribution < 1.29 is 0 Å². The number of rotatable bonds is 0. The molecule has 2 rings (SSSR count). The van der Waals surface area contributed by atoms with Crippen LogP contribution in [0, 0.1) is 0 Å². The molecule has 1 aromatic rings. The third-order valence-corrected chi connectivity index (χ3v) is 3.24. The fourth-order valence-corrected chi connectivity index (χ4v) is 2.03. The summed E-state index contributed by atoms with van der Waals surface area (Å²) in [6, 6.07) is 6.02. The predicted molar refractivity (Wildman–Crippen MR) is 84.1 cm³/mol. The number of aromatic nitrogens is 1. The number of hydrogen-bond acceptors (Lipinski definition) is 5. The summed E-state index contributed by atoms with van der Waals surface area (Å²) in [6.07, 6.45) is 0. The topological polar surface area (TPSA) is 61.7 Å². The van der Waals surface area contributed by atoms with Gasteiger partial charge >= 0.3 is 0 Å². The summed E-state index contributed by atoms with van der Waals surface area (Å²) in [5.74, 6) is 0. The molecule has 2 heterocycles. The molecule has 1 aliphatic rings. The molecule has 20 heavy (non-hydrogen) atoms. The van der Waals surface area contributed by atoms with Gasteiger partial charge in [-0.2, -0.15) is 0 Å². The molecule has 0 aromatic carbocycles. The van der Waals surface area contributed by atoms with E-state index in [1.807, 2.05) is 32.0 Å². The first-order valence-electron chi connectivity index (χ1n) is 7.19. The molecule has 0 fully saturated rings. The summed E-state index contributed by atoms with van der Waals surface area (Å²) in [5.41, 5.74) is 3.83. The Morgan fingerprint density at radius 3 is 1.80 bits per heavy atom. The van der Waals surface area contributed by atoms with Crippen LogP contribution in [-0.4, -0.2) is 55.7 Å². The lowest BCUT2D eigenvalue weighted by Crippen LogP contribution is -2.30. The lowest BCUT2D eigenvalue weighted by Gasteiger charge is -2.04. The maximum atomic E-state index is 4.64. The summed E-state index contributed by atoms with van der Waals surface area (Å²) in [7, 11) is 0. The second-order valence-corrected chi connectivity index (χ2v) is 4.84. The van der Waals surface area contributed by atoms with Crippen LogP contribution in [0.1, 0.15) is 25.2 Å². The Hall–Kier alpha value is -1.59. The average Bonchev–Trinajstić information content (AvgIpc) is 2.48. The summed E-state index contributed by atoms with van der Waals surface area (Å²) in [4.78, 5) is 13.8. The van der Waals surface area contributed by atoms with E-state index >= 15 is 0 Å². The molecule has 0 amide bonds. The second kappa shape index (κ2) is 7.87. The molecule has 2 N–H and O–H groups in total. The first kappa shape index (κ1) is 14.8. The zero-order chi connectivity index (χ0) is 14.2. The van der Waals surface area contributed by atoms with Crippen molar-refractivity contribution in [1.82, 2.24) is 15.6 Å². The molecular formula is C15H23N5. The standard InChI is InChI=1S/C15H23N5/c1-12-14-4-3-5-15(20-14)13(2)19-11-9-17-7-6-16-8-10-18-12/h3-5,16-17H,6-11H2,1-2H3. The summed E-state index contributed by atoms with van der Waals surface area (Å²) < 4.78 is 0. The molecule has 2 bridgehead atoms.